The van der Waals surface area contributed by atoms with Gasteiger partial charge in [0.2, 0.25) is 0 Å². The predicted molar refractivity (Wildman–Crippen MR) is 118 cm³/mol. The number of halogens is 1. The summed E-state index contributed by atoms with van der Waals surface area (Å²) in [5, 5.41) is 4.47. The summed E-state index contributed by atoms with van der Waals surface area (Å²) in [6.45, 7) is 5.24. The first kappa shape index (κ1) is 21.1. The number of hydrogen-bond donors (Lipinski definition) is 1. The first-order chi connectivity index (χ1) is 13.8. The van der Waals surface area contributed by atoms with Gasteiger partial charge in [-0.2, -0.15) is 0 Å². The van der Waals surface area contributed by atoms with E-state index >= 15 is 0 Å². The third-order valence-corrected chi connectivity index (χ3v) is 4.99. The Hall–Kier alpha value is -2.63. The Bertz CT molecular complexity index is 1020. The minimum Gasteiger partial charge on any atom is -0.492 e. The molecule has 0 spiro atoms. The van der Waals surface area contributed by atoms with Crippen LogP contribution in [0.5, 0.6) is 5.75 Å². The van der Waals surface area contributed by atoms with E-state index in [1.54, 1.807) is 6.07 Å². The van der Waals surface area contributed by atoms with Crippen LogP contribution in [0.15, 0.2) is 48.5 Å². The number of pyridine rings is 1. The third-order valence-electron chi connectivity index (χ3n) is 4.79. The van der Waals surface area contributed by atoms with Crippen LogP contribution in [0.25, 0.3) is 10.9 Å². The monoisotopic (exact) mass is 411 g/mol. The first-order valence-electron chi connectivity index (χ1n) is 9.59. The van der Waals surface area contributed by atoms with Crippen LogP contribution in [0.1, 0.15) is 34.5 Å². The number of aryl methyl sites for hydroxylation is 1. The number of carbonyl (C=O) groups excluding carboxylic acids is 1. The molecular weight excluding hydrogens is 386 g/mol. The summed E-state index contributed by atoms with van der Waals surface area (Å²) >= 11 is 6.19. The number of rotatable bonds is 7. The standard InChI is InChI=1S/C23H26ClN3O2/c1-15-9-10-17(29-12-11-27(3)4)13-19(15)23(28)25-16(2)20-14-22(24)26-21-8-6-5-7-18(20)21/h5-10,13-14,16H,11-12H2,1-4H3,(H,25,28)/t16-/m0/s1. The molecule has 6 heteroatoms. The van der Waals surface area contributed by atoms with Gasteiger partial charge in [0.05, 0.1) is 11.6 Å². The van der Waals surface area contributed by atoms with Crippen molar-refractivity contribution < 1.29 is 9.53 Å². The average molecular weight is 412 g/mol. The smallest absolute Gasteiger partial charge is 0.252 e. The van der Waals surface area contributed by atoms with Crippen molar-refractivity contribution in [3.8, 4) is 5.75 Å². The molecule has 3 aromatic rings. The van der Waals surface area contributed by atoms with Crippen LogP contribution in [0.4, 0.5) is 0 Å². The van der Waals surface area contributed by atoms with Crippen LogP contribution in [0.2, 0.25) is 5.15 Å². The lowest BCUT2D eigenvalue weighted by Gasteiger charge is -2.18. The van der Waals surface area contributed by atoms with Gasteiger partial charge in [-0.05, 0) is 63.3 Å². The molecule has 0 saturated heterocycles. The van der Waals surface area contributed by atoms with E-state index < -0.39 is 0 Å². The van der Waals surface area contributed by atoms with Crippen molar-refractivity contribution in [3.05, 3.63) is 70.4 Å². The quantitative estimate of drug-likeness (QED) is 0.576. The van der Waals surface area contributed by atoms with Gasteiger partial charge in [-0.15, -0.1) is 0 Å². The second kappa shape index (κ2) is 9.25. The Labute approximate surface area is 176 Å². The van der Waals surface area contributed by atoms with Crippen LogP contribution in [0, 0.1) is 6.92 Å². The summed E-state index contributed by atoms with van der Waals surface area (Å²) in [5.41, 5.74) is 3.24. The number of nitrogens with zero attached hydrogens (tertiary/aromatic N) is 2. The maximum absolute atomic E-state index is 13.0. The van der Waals surface area contributed by atoms with E-state index in [-0.39, 0.29) is 11.9 Å². The highest BCUT2D eigenvalue weighted by molar-refractivity contribution is 6.30. The molecule has 1 aromatic heterocycles. The topological polar surface area (TPSA) is 54.5 Å². The number of likely N-dealkylation sites (N-methyl/N-ethyl adjacent to an activating group) is 1. The highest BCUT2D eigenvalue weighted by Gasteiger charge is 2.17. The number of carbonyl (C=O) groups is 1. The lowest BCUT2D eigenvalue weighted by atomic mass is 10.0. The molecule has 1 amide bonds. The van der Waals surface area contributed by atoms with Gasteiger partial charge in [0.25, 0.3) is 5.91 Å². The molecule has 0 unspecified atom stereocenters. The highest BCUT2D eigenvalue weighted by atomic mass is 35.5. The van der Waals surface area contributed by atoms with E-state index in [0.29, 0.717) is 23.1 Å². The van der Waals surface area contributed by atoms with Gasteiger partial charge in [-0.25, -0.2) is 4.98 Å². The number of nitrogens with one attached hydrogen (secondary N) is 1. The van der Waals surface area contributed by atoms with Crippen molar-refractivity contribution in [1.82, 2.24) is 15.2 Å². The van der Waals surface area contributed by atoms with E-state index in [2.05, 4.69) is 10.3 Å². The molecule has 3 rings (SSSR count). The largest absolute Gasteiger partial charge is 0.492 e. The van der Waals surface area contributed by atoms with E-state index in [1.807, 2.05) is 75.3 Å². The molecule has 1 atom stereocenters. The van der Waals surface area contributed by atoms with Crippen molar-refractivity contribution in [3.63, 3.8) is 0 Å². The molecule has 1 N–H and O–H groups in total. The zero-order valence-corrected chi connectivity index (χ0v) is 18.0. The molecule has 0 saturated carbocycles. The maximum Gasteiger partial charge on any atom is 0.252 e. The number of amides is 1. The van der Waals surface area contributed by atoms with E-state index in [9.17, 15) is 4.79 Å². The minimum atomic E-state index is -0.231. The number of aromatic nitrogens is 1. The van der Waals surface area contributed by atoms with E-state index in [4.69, 9.17) is 16.3 Å². The molecule has 0 aliphatic rings. The fourth-order valence-electron chi connectivity index (χ4n) is 3.16. The Morgan fingerprint density at radius 1 is 1.21 bits per heavy atom. The molecule has 2 aromatic carbocycles. The van der Waals surface area contributed by atoms with Crippen molar-refractivity contribution >= 4 is 28.4 Å². The minimum absolute atomic E-state index is 0.148. The summed E-state index contributed by atoms with van der Waals surface area (Å²) in [6.07, 6.45) is 0. The third kappa shape index (κ3) is 5.25. The molecule has 0 radical (unpaired) electrons. The fraction of sp³-hybridized carbons (Fsp3) is 0.304. The Morgan fingerprint density at radius 2 is 1.97 bits per heavy atom. The Balaban J connectivity index is 1.80. The van der Waals surface area contributed by atoms with E-state index in [0.717, 1.165) is 28.6 Å². The first-order valence-corrected chi connectivity index (χ1v) is 9.97. The second-order valence-electron chi connectivity index (χ2n) is 7.37. The molecule has 1 heterocycles. The number of para-hydroxylation sites is 1. The zero-order chi connectivity index (χ0) is 21.0. The molecule has 152 valence electrons. The number of hydrogen-bond acceptors (Lipinski definition) is 4. The predicted octanol–water partition coefficient (Wildman–Crippen LogP) is 4.63. The maximum atomic E-state index is 13.0. The van der Waals surface area contributed by atoms with Crippen molar-refractivity contribution in [1.29, 1.82) is 0 Å². The van der Waals surface area contributed by atoms with Gasteiger partial charge in [0.15, 0.2) is 0 Å². The lowest BCUT2D eigenvalue weighted by molar-refractivity contribution is 0.0939. The normalized spacial score (nSPS) is 12.2. The van der Waals surface area contributed by atoms with Crippen molar-refractivity contribution in [2.24, 2.45) is 0 Å². The second-order valence-corrected chi connectivity index (χ2v) is 7.76. The van der Waals surface area contributed by atoms with Crippen LogP contribution >= 0.6 is 11.6 Å². The Morgan fingerprint density at radius 3 is 2.72 bits per heavy atom. The summed E-state index contributed by atoms with van der Waals surface area (Å²) in [5.74, 6) is 0.540. The van der Waals surface area contributed by atoms with Gasteiger partial charge in [-0.1, -0.05) is 35.9 Å². The summed E-state index contributed by atoms with van der Waals surface area (Å²) in [4.78, 5) is 19.4. The molecule has 0 fully saturated rings. The lowest BCUT2D eigenvalue weighted by Crippen LogP contribution is -2.27. The highest BCUT2D eigenvalue weighted by Crippen LogP contribution is 2.26. The summed E-state index contributed by atoms with van der Waals surface area (Å²) in [6, 6.07) is 14.9. The Kier molecular flexibility index (Phi) is 6.72. The van der Waals surface area contributed by atoms with Gasteiger partial charge < -0.3 is 15.0 Å². The molecule has 0 bridgehead atoms. The van der Waals surface area contributed by atoms with Gasteiger partial charge in [0.1, 0.15) is 17.5 Å². The molecule has 0 aliphatic carbocycles. The van der Waals surface area contributed by atoms with Crippen molar-refractivity contribution in [2.75, 3.05) is 27.2 Å². The summed E-state index contributed by atoms with van der Waals surface area (Å²) < 4.78 is 5.78. The molecule has 5 nitrogen and oxygen atoms in total. The fourth-order valence-corrected chi connectivity index (χ4v) is 3.37. The van der Waals surface area contributed by atoms with Gasteiger partial charge in [-0.3, -0.25) is 4.79 Å². The van der Waals surface area contributed by atoms with Gasteiger partial charge in [0, 0.05) is 17.5 Å². The molecular formula is C23H26ClN3O2. The van der Waals surface area contributed by atoms with Gasteiger partial charge >= 0.3 is 0 Å². The van der Waals surface area contributed by atoms with Crippen LogP contribution in [-0.2, 0) is 0 Å². The van der Waals surface area contributed by atoms with Crippen LogP contribution in [0.3, 0.4) is 0 Å². The van der Waals surface area contributed by atoms with Crippen molar-refractivity contribution in [2.45, 2.75) is 19.9 Å². The SMILES string of the molecule is Cc1ccc(OCCN(C)C)cc1C(=O)N[C@@H](C)c1cc(Cl)nc2ccccc12. The number of benzene rings is 2. The van der Waals surface area contributed by atoms with Crippen LogP contribution < -0.4 is 10.1 Å². The average Bonchev–Trinajstić information content (AvgIpc) is 2.68. The van der Waals surface area contributed by atoms with E-state index in [1.165, 1.54) is 0 Å². The van der Waals surface area contributed by atoms with Crippen LogP contribution in [-0.4, -0.2) is 43.0 Å². The molecule has 0 aliphatic heterocycles. The summed E-state index contributed by atoms with van der Waals surface area (Å²) in [7, 11) is 3.99. The zero-order valence-electron chi connectivity index (χ0n) is 17.2. The number of ether oxygens (including phenoxy) is 1. The number of fused-ring (bicyclic) bond motifs is 1. The molecule has 29 heavy (non-hydrogen) atoms.